The van der Waals surface area contributed by atoms with Gasteiger partial charge in [0.25, 0.3) is 0 Å². The molecule has 0 aliphatic rings. The number of benzene rings is 2. The number of anilines is 1. The van der Waals surface area contributed by atoms with E-state index in [1.807, 2.05) is 13.8 Å². The largest absolute Gasteiger partial charge is 0.346 e. The Bertz CT molecular complexity index is 826. The lowest BCUT2D eigenvalue weighted by atomic mass is 9.96. The minimum absolute atomic E-state index is 0.0430. The summed E-state index contributed by atoms with van der Waals surface area (Å²) in [5, 5.41) is 7.89. The standard InChI is InChI=1S/C20H22F3N3O2/c1-12(2)20(13-3-5-14(21)6-4-13)25-10-18(27)24-11-19(28)26-15-7-8-16(22)17(23)9-15/h3-9,12,20,25H,10-11H2,1-2H3,(H,24,27)(H,26,28)/t20-/m0/s1. The van der Waals surface area contributed by atoms with Crippen molar-refractivity contribution in [1.82, 2.24) is 10.6 Å². The van der Waals surface area contributed by atoms with Crippen LogP contribution in [0.4, 0.5) is 18.9 Å². The van der Waals surface area contributed by atoms with Crippen LogP contribution in [0.5, 0.6) is 0 Å². The van der Waals surface area contributed by atoms with Crippen LogP contribution in [0.15, 0.2) is 42.5 Å². The third-order valence-corrected chi connectivity index (χ3v) is 4.03. The summed E-state index contributed by atoms with van der Waals surface area (Å²) >= 11 is 0. The number of hydrogen-bond acceptors (Lipinski definition) is 3. The summed E-state index contributed by atoms with van der Waals surface area (Å²) in [4.78, 5) is 23.8. The van der Waals surface area contributed by atoms with Gasteiger partial charge in [-0.3, -0.25) is 9.59 Å². The van der Waals surface area contributed by atoms with Crippen LogP contribution in [-0.4, -0.2) is 24.9 Å². The molecule has 5 nitrogen and oxygen atoms in total. The van der Waals surface area contributed by atoms with E-state index in [-0.39, 0.29) is 36.6 Å². The molecule has 0 unspecified atom stereocenters. The second-order valence-electron chi connectivity index (χ2n) is 6.61. The summed E-state index contributed by atoms with van der Waals surface area (Å²) in [5.41, 5.74) is 0.938. The lowest BCUT2D eigenvalue weighted by molar-refractivity contribution is -0.123. The van der Waals surface area contributed by atoms with Crippen molar-refractivity contribution in [3.8, 4) is 0 Å². The van der Waals surface area contributed by atoms with E-state index in [1.165, 1.54) is 18.2 Å². The molecule has 150 valence electrons. The maximum absolute atomic E-state index is 13.1. The molecule has 28 heavy (non-hydrogen) atoms. The van der Waals surface area contributed by atoms with Crippen LogP contribution in [0.25, 0.3) is 0 Å². The number of nitrogens with one attached hydrogen (secondary N) is 3. The Balaban J connectivity index is 1.81. The summed E-state index contributed by atoms with van der Waals surface area (Å²) in [5.74, 6) is -3.26. The zero-order valence-electron chi connectivity index (χ0n) is 15.6. The van der Waals surface area contributed by atoms with Crippen LogP contribution >= 0.6 is 0 Å². The fourth-order valence-corrected chi connectivity index (χ4v) is 2.63. The average molecular weight is 393 g/mol. The van der Waals surface area contributed by atoms with E-state index in [0.29, 0.717) is 0 Å². The first kappa shape index (κ1) is 21.4. The van der Waals surface area contributed by atoms with Gasteiger partial charge < -0.3 is 16.0 Å². The molecule has 0 radical (unpaired) electrons. The molecule has 2 rings (SSSR count). The number of amides is 2. The van der Waals surface area contributed by atoms with E-state index < -0.39 is 23.4 Å². The molecule has 0 saturated carbocycles. The Labute approximate surface area is 161 Å². The zero-order chi connectivity index (χ0) is 20.7. The van der Waals surface area contributed by atoms with Crippen LogP contribution in [0.3, 0.4) is 0 Å². The first-order valence-electron chi connectivity index (χ1n) is 8.76. The highest BCUT2D eigenvalue weighted by molar-refractivity contribution is 5.94. The highest BCUT2D eigenvalue weighted by Crippen LogP contribution is 2.21. The molecule has 0 heterocycles. The van der Waals surface area contributed by atoms with E-state index >= 15 is 0 Å². The third-order valence-electron chi connectivity index (χ3n) is 4.03. The number of carbonyl (C=O) groups excluding carboxylic acids is 2. The zero-order valence-corrected chi connectivity index (χ0v) is 15.6. The van der Waals surface area contributed by atoms with Crippen molar-refractivity contribution in [3.05, 3.63) is 65.5 Å². The third kappa shape index (κ3) is 6.38. The molecule has 0 bridgehead atoms. The van der Waals surface area contributed by atoms with Gasteiger partial charge >= 0.3 is 0 Å². The predicted octanol–water partition coefficient (Wildman–Crippen LogP) is 3.15. The van der Waals surface area contributed by atoms with Gasteiger partial charge in [0.15, 0.2) is 11.6 Å². The molecule has 2 aromatic rings. The van der Waals surface area contributed by atoms with Crippen molar-refractivity contribution in [2.75, 3.05) is 18.4 Å². The number of hydrogen-bond donors (Lipinski definition) is 3. The van der Waals surface area contributed by atoms with Crippen molar-refractivity contribution < 1.29 is 22.8 Å². The SMILES string of the molecule is CC(C)[C@H](NCC(=O)NCC(=O)Nc1ccc(F)c(F)c1)c1ccc(F)cc1. The molecule has 3 N–H and O–H groups in total. The monoisotopic (exact) mass is 393 g/mol. The van der Waals surface area contributed by atoms with E-state index in [1.54, 1.807) is 12.1 Å². The average Bonchev–Trinajstić information content (AvgIpc) is 2.64. The number of rotatable bonds is 8. The topological polar surface area (TPSA) is 70.2 Å². The van der Waals surface area contributed by atoms with Gasteiger partial charge in [-0.2, -0.15) is 0 Å². The van der Waals surface area contributed by atoms with Gasteiger partial charge in [-0.05, 0) is 35.7 Å². The van der Waals surface area contributed by atoms with Crippen molar-refractivity contribution in [3.63, 3.8) is 0 Å². The van der Waals surface area contributed by atoms with Crippen LogP contribution in [-0.2, 0) is 9.59 Å². The molecule has 2 aromatic carbocycles. The molecule has 8 heteroatoms. The second kappa shape index (κ2) is 9.89. The molecule has 0 spiro atoms. The fraction of sp³-hybridized carbons (Fsp3) is 0.300. The Kier molecular flexibility index (Phi) is 7.57. The van der Waals surface area contributed by atoms with Gasteiger partial charge in [0, 0.05) is 17.8 Å². The minimum Gasteiger partial charge on any atom is -0.346 e. The molecule has 2 amide bonds. The Morgan fingerprint density at radius 3 is 2.18 bits per heavy atom. The van der Waals surface area contributed by atoms with Crippen LogP contribution < -0.4 is 16.0 Å². The van der Waals surface area contributed by atoms with Gasteiger partial charge in [0.05, 0.1) is 13.1 Å². The first-order valence-corrected chi connectivity index (χ1v) is 8.76. The molecule has 0 aromatic heterocycles. The molecule has 0 aliphatic heterocycles. The van der Waals surface area contributed by atoms with Gasteiger partial charge in [-0.1, -0.05) is 26.0 Å². The van der Waals surface area contributed by atoms with Crippen molar-refractivity contribution in [1.29, 1.82) is 0 Å². The van der Waals surface area contributed by atoms with Gasteiger partial charge in [0.1, 0.15) is 5.82 Å². The minimum atomic E-state index is -1.08. The van der Waals surface area contributed by atoms with E-state index in [2.05, 4.69) is 16.0 Å². The van der Waals surface area contributed by atoms with E-state index in [0.717, 1.165) is 17.7 Å². The molecule has 0 saturated heterocycles. The Morgan fingerprint density at radius 2 is 1.57 bits per heavy atom. The van der Waals surface area contributed by atoms with E-state index in [4.69, 9.17) is 0 Å². The van der Waals surface area contributed by atoms with Crippen LogP contribution in [0, 0.1) is 23.4 Å². The van der Waals surface area contributed by atoms with Crippen LogP contribution in [0.2, 0.25) is 0 Å². The Morgan fingerprint density at radius 1 is 0.893 bits per heavy atom. The van der Waals surface area contributed by atoms with Gasteiger partial charge in [-0.25, -0.2) is 13.2 Å². The highest BCUT2D eigenvalue weighted by atomic mass is 19.2. The highest BCUT2D eigenvalue weighted by Gasteiger charge is 2.17. The van der Waals surface area contributed by atoms with Crippen molar-refractivity contribution >= 4 is 17.5 Å². The molecule has 0 aliphatic carbocycles. The van der Waals surface area contributed by atoms with Gasteiger partial charge in [-0.15, -0.1) is 0 Å². The number of halogens is 3. The first-order chi connectivity index (χ1) is 13.3. The van der Waals surface area contributed by atoms with Crippen molar-refractivity contribution in [2.24, 2.45) is 5.92 Å². The van der Waals surface area contributed by atoms with Gasteiger partial charge in [0.2, 0.25) is 11.8 Å². The normalized spacial score (nSPS) is 11.9. The van der Waals surface area contributed by atoms with E-state index in [9.17, 15) is 22.8 Å². The molecule has 1 atom stereocenters. The lowest BCUT2D eigenvalue weighted by Crippen LogP contribution is -2.40. The second-order valence-corrected chi connectivity index (χ2v) is 6.61. The maximum Gasteiger partial charge on any atom is 0.243 e. The quantitative estimate of drug-likeness (QED) is 0.645. The summed E-state index contributed by atoms with van der Waals surface area (Å²) in [6, 6.07) is 8.82. The van der Waals surface area contributed by atoms with Crippen molar-refractivity contribution in [2.45, 2.75) is 19.9 Å². The summed E-state index contributed by atoms with van der Waals surface area (Å²) in [7, 11) is 0. The van der Waals surface area contributed by atoms with Crippen LogP contribution in [0.1, 0.15) is 25.5 Å². The summed E-state index contributed by atoms with van der Waals surface area (Å²) in [6.07, 6.45) is 0. The predicted molar refractivity (Wildman–Crippen MR) is 100.0 cm³/mol. The maximum atomic E-state index is 13.1. The summed E-state index contributed by atoms with van der Waals surface area (Å²) < 4.78 is 39.1. The molecule has 0 fully saturated rings. The molecular weight excluding hydrogens is 371 g/mol. The molecular formula is C20H22F3N3O2. The number of carbonyl (C=O) groups is 2. The smallest absolute Gasteiger partial charge is 0.243 e. The summed E-state index contributed by atoms with van der Waals surface area (Å²) in [6.45, 7) is 3.57. The Hall–Kier alpha value is -2.87. The lowest BCUT2D eigenvalue weighted by Gasteiger charge is -2.22. The fourth-order valence-electron chi connectivity index (χ4n) is 2.63.